The lowest BCUT2D eigenvalue weighted by molar-refractivity contribution is -0.141. The molecule has 10 heteroatoms. The third-order valence-corrected chi connectivity index (χ3v) is 5.04. The molecule has 1 atom stereocenters. The summed E-state index contributed by atoms with van der Waals surface area (Å²) in [5.74, 6) is 1.20. The standard InChI is InChI=1S/C20H20F3N3O3S/c1-28-16-7-6-13(9-17(16)29-2)11-26-8-4-5-14(12-26)15-10-18(20(21,22)23)25-19(24-15)30(3)27/h4-7,9-10,12H,8,11H2,1-3H3. The van der Waals surface area contributed by atoms with E-state index in [0.29, 0.717) is 30.2 Å². The van der Waals surface area contributed by atoms with E-state index in [-0.39, 0.29) is 10.9 Å². The second-order valence-electron chi connectivity index (χ2n) is 6.48. The van der Waals surface area contributed by atoms with Crippen molar-refractivity contribution in [1.82, 2.24) is 14.9 Å². The average Bonchev–Trinajstić information content (AvgIpc) is 2.72. The number of rotatable bonds is 6. The molecule has 1 aliphatic heterocycles. The third-order valence-electron chi connectivity index (χ3n) is 4.34. The molecule has 0 amide bonds. The molecule has 0 saturated carbocycles. The minimum absolute atomic E-state index is 0.0655. The lowest BCUT2D eigenvalue weighted by atomic mass is 10.1. The van der Waals surface area contributed by atoms with Crippen molar-refractivity contribution in [3.63, 3.8) is 0 Å². The van der Waals surface area contributed by atoms with Gasteiger partial charge in [-0.1, -0.05) is 18.2 Å². The van der Waals surface area contributed by atoms with Crippen molar-refractivity contribution in [1.29, 1.82) is 0 Å². The maximum absolute atomic E-state index is 13.2. The smallest absolute Gasteiger partial charge is 0.433 e. The van der Waals surface area contributed by atoms with E-state index >= 15 is 0 Å². The first kappa shape index (κ1) is 21.8. The van der Waals surface area contributed by atoms with Gasteiger partial charge < -0.3 is 14.4 Å². The van der Waals surface area contributed by atoms with Crippen LogP contribution >= 0.6 is 0 Å². The predicted molar refractivity (Wildman–Crippen MR) is 106 cm³/mol. The fourth-order valence-electron chi connectivity index (χ4n) is 2.93. The van der Waals surface area contributed by atoms with E-state index in [1.54, 1.807) is 32.6 Å². The summed E-state index contributed by atoms with van der Waals surface area (Å²) in [6.45, 7) is 1.07. The molecule has 1 unspecified atom stereocenters. The van der Waals surface area contributed by atoms with Crippen LogP contribution in [-0.4, -0.2) is 46.1 Å². The van der Waals surface area contributed by atoms with Crippen molar-refractivity contribution in [2.45, 2.75) is 17.9 Å². The number of nitrogens with zero attached hydrogens (tertiary/aromatic N) is 3. The zero-order chi connectivity index (χ0) is 21.9. The second kappa shape index (κ2) is 8.86. The molecule has 3 rings (SSSR count). The van der Waals surface area contributed by atoms with Crippen molar-refractivity contribution in [3.8, 4) is 11.5 Å². The van der Waals surface area contributed by atoms with Gasteiger partial charge in [0.2, 0.25) is 5.16 Å². The summed E-state index contributed by atoms with van der Waals surface area (Å²) in [6, 6.07) is 6.39. The van der Waals surface area contributed by atoms with Gasteiger partial charge in [-0.05, 0) is 23.8 Å². The summed E-state index contributed by atoms with van der Waals surface area (Å²) >= 11 is 0. The maximum atomic E-state index is 13.2. The first-order valence-electron chi connectivity index (χ1n) is 8.84. The van der Waals surface area contributed by atoms with E-state index in [1.165, 1.54) is 6.26 Å². The Morgan fingerprint density at radius 3 is 2.50 bits per heavy atom. The van der Waals surface area contributed by atoms with Gasteiger partial charge in [0.15, 0.2) is 11.5 Å². The number of hydrogen-bond donors (Lipinski definition) is 0. The van der Waals surface area contributed by atoms with E-state index in [4.69, 9.17) is 9.47 Å². The molecule has 0 radical (unpaired) electrons. The SMILES string of the molecule is COc1ccc(CN2C=C(c3cc(C(F)(F)F)nc(S(C)=O)n3)C=CC2)cc1OC. The zero-order valence-corrected chi connectivity index (χ0v) is 17.4. The monoisotopic (exact) mass is 439 g/mol. The highest BCUT2D eigenvalue weighted by Gasteiger charge is 2.34. The molecule has 0 aliphatic carbocycles. The molecular weight excluding hydrogens is 419 g/mol. The highest BCUT2D eigenvalue weighted by Crippen LogP contribution is 2.31. The van der Waals surface area contributed by atoms with Gasteiger partial charge in [0, 0.05) is 31.1 Å². The fraction of sp³-hybridized carbons (Fsp3) is 0.300. The molecule has 160 valence electrons. The number of allylic oxidation sites excluding steroid dienone is 2. The molecule has 2 heterocycles. The fourth-order valence-corrected chi connectivity index (χ4v) is 3.38. The van der Waals surface area contributed by atoms with Crippen LogP contribution in [0.3, 0.4) is 0 Å². The molecule has 2 aromatic rings. The molecule has 0 fully saturated rings. The summed E-state index contributed by atoms with van der Waals surface area (Å²) in [4.78, 5) is 9.39. The highest BCUT2D eigenvalue weighted by atomic mass is 32.2. The Labute approximate surface area is 174 Å². The maximum Gasteiger partial charge on any atom is 0.433 e. The number of alkyl halides is 3. The Morgan fingerprint density at radius 1 is 1.13 bits per heavy atom. The molecule has 1 aromatic carbocycles. The van der Waals surface area contributed by atoms with Crippen LogP contribution in [-0.2, 0) is 23.5 Å². The molecule has 6 nitrogen and oxygen atoms in total. The summed E-state index contributed by atoms with van der Waals surface area (Å²) in [7, 11) is 1.35. The van der Waals surface area contributed by atoms with Crippen molar-refractivity contribution in [2.75, 3.05) is 27.0 Å². The van der Waals surface area contributed by atoms with Gasteiger partial charge in [0.25, 0.3) is 0 Å². The molecule has 0 bridgehead atoms. The summed E-state index contributed by atoms with van der Waals surface area (Å²) in [5, 5.41) is -0.355. The highest BCUT2D eigenvalue weighted by molar-refractivity contribution is 7.84. The van der Waals surface area contributed by atoms with Crippen molar-refractivity contribution < 1.29 is 26.9 Å². The van der Waals surface area contributed by atoms with Crippen LogP contribution in [0, 0.1) is 0 Å². The van der Waals surface area contributed by atoms with E-state index in [2.05, 4.69) is 9.97 Å². The van der Waals surface area contributed by atoms with Crippen LogP contribution in [0.4, 0.5) is 13.2 Å². The van der Waals surface area contributed by atoms with Crippen LogP contribution in [0.2, 0.25) is 0 Å². The van der Waals surface area contributed by atoms with Crippen LogP contribution in [0.25, 0.3) is 5.57 Å². The lowest BCUT2D eigenvalue weighted by Crippen LogP contribution is -2.20. The van der Waals surface area contributed by atoms with Crippen LogP contribution in [0.1, 0.15) is 17.0 Å². The van der Waals surface area contributed by atoms with Gasteiger partial charge in [0.1, 0.15) is 5.69 Å². The Hall–Kier alpha value is -2.88. The molecular formula is C20H20F3N3O3S. The van der Waals surface area contributed by atoms with Gasteiger partial charge in [-0.15, -0.1) is 0 Å². The van der Waals surface area contributed by atoms with Gasteiger partial charge >= 0.3 is 6.18 Å². The second-order valence-corrected chi connectivity index (χ2v) is 7.75. The van der Waals surface area contributed by atoms with E-state index in [1.807, 2.05) is 23.1 Å². The molecule has 1 aliphatic rings. The molecule has 1 aromatic heterocycles. The van der Waals surface area contributed by atoms with Crippen molar-refractivity contribution in [2.24, 2.45) is 0 Å². The average molecular weight is 439 g/mol. The van der Waals surface area contributed by atoms with Crippen LogP contribution < -0.4 is 9.47 Å². The van der Waals surface area contributed by atoms with E-state index in [9.17, 15) is 17.4 Å². The van der Waals surface area contributed by atoms with E-state index in [0.717, 1.165) is 11.6 Å². The van der Waals surface area contributed by atoms with Gasteiger partial charge in [0.05, 0.1) is 30.7 Å². The van der Waals surface area contributed by atoms with Gasteiger partial charge in [-0.2, -0.15) is 13.2 Å². The van der Waals surface area contributed by atoms with Crippen molar-refractivity contribution >= 4 is 16.4 Å². The third kappa shape index (κ3) is 4.99. The number of aromatic nitrogens is 2. The number of ether oxygens (including phenoxy) is 2. The first-order valence-corrected chi connectivity index (χ1v) is 10.4. The number of methoxy groups -OCH3 is 2. The normalized spacial score (nSPS) is 15.0. The first-order chi connectivity index (χ1) is 14.2. The Kier molecular flexibility index (Phi) is 6.45. The Balaban J connectivity index is 1.91. The van der Waals surface area contributed by atoms with Crippen molar-refractivity contribution in [3.05, 3.63) is 59.6 Å². The zero-order valence-electron chi connectivity index (χ0n) is 16.6. The predicted octanol–water partition coefficient (Wildman–Crippen LogP) is 3.66. The van der Waals surface area contributed by atoms with Gasteiger partial charge in [-0.3, -0.25) is 4.21 Å². The summed E-state index contributed by atoms with van der Waals surface area (Å²) in [6.07, 6.45) is 1.82. The molecule has 0 N–H and O–H groups in total. The van der Waals surface area contributed by atoms with Gasteiger partial charge in [-0.25, -0.2) is 9.97 Å². The van der Waals surface area contributed by atoms with Crippen LogP contribution in [0.15, 0.2) is 47.8 Å². The summed E-state index contributed by atoms with van der Waals surface area (Å²) in [5.41, 5.74) is 0.355. The molecule has 0 spiro atoms. The Bertz CT molecular complexity index is 1020. The van der Waals surface area contributed by atoms with E-state index < -0.39 is 22.7 Å². The lowest BCUT2D eigenvalue weighted by Gasteiger charge is -2.24. The number of hydrogen-bond acceptors (Lipinski definition) is 6. The minimum Gasteiger partial charge on any atom is -0.493 e. The number of benzene rings is 1. The minimum atomic E-state index is -4.66. The number of halogens is 3. The molecule has 30 heavy (non-hydrogen) atoms. The van der Waals surface area contributed by atoms with Crippen LogP contribution in [0.5, 0.6) is 11.5 Å². The quantitative estimate of drug-likeness (QED) is 0.640. The summed E-state index contributed by atoms with van der Waals surface area (Å²) < 4.78 is 61.9. The molecule has 0 saturated heterocycles. The largest absolute Gasteiger partial charge is 0.493 e. The topological polar surface area (TPSA) is 64.5 Å². The Morgan fingerprint density at radius 2 is 1.87 bits per heavy atom.